The minimum absolute atomic E-state index is 0.302. The fourth-order valence-electron chi connectivity index (χ4n) is 3.56. The molecule has 2 aliphatic rings. The van der Waals surface area contributed by atoms with Crippen LogP contribution >= 0.6 is 0 Å². The lowest BCUT2D eigenvalue weighted by Gasteiger charge is -2.31. The van der Waals surface area contributed by atoms with Gasteiger partial charge < -0.3 is 5.32 Å². The van der Waals surface area contributed by atoms with Gasteiger partial charge in [-0.3, -0.25) is 4.79 Å². The van der Waals surface area contributed by atoms with Crippen molar-refractivity contribution in [3.05, 3.63) is 0 Å². The van der Waals surface area contributed by atoms with Gasteiger partial charge in [-0.1, -0.05) is 39.5 Å². The summed E-state index contributed by atoms with van der Waals surface area (Å²) in [7, 11) is 0. The normalized spacial score (nSPS) is 38.7. The Balaban J connectivity index is 1.79. The van der Waals surface area contributed by atoms with Gasteiger partial charge in [-0.05, 0) is 37.5 Å². The van der Waals surface area contributed by atoms with Crippen LogP contribution in [0.15, 0.2) is 0 Å². The van der Waals surface area contributed by atoms with Gasteiger partial charge in [0.1, 0.15) is 0 Å². The minimum atomic E-state index is 0.302. The van der Waals surface area contributed by atoms with Crippen LogP contribution in [0.25, 0.3) is 0 Å². The van der Waals surface area contributed by atoms with Gasteiger partial charge >= 0.3 is 0 Å². The molecule has 1 N–H and O–H groups in total. The van der Waals surface area contributed by atoms with E-state index < -0.39 is 0 Å². The molecule has 2 aliphatic carbocycles. The van der Waals surface area contributed by atoms with Crippen molar-refractivity contribution in [3.8, 4) is 0 Å². The highest BCUT2D eigenvalue weighted by atomic mass is 16.1. The van der Waals surface area contributed by atoms with E-state index in [9.17, 15) is 4.79 Å². The SMILES string of the molecule is CC1CCCC(NC(=O)C2CCCC(C)C2)C1. The van der Waals surface area contributed by atoms with E-state index in [0.717, 1.165) is 24.7 Å². The highest BCUT2D eigenvalue weighted by molar-refractivity contribution is 5.79. The maximum atomic E-state index is 12.2. The molecule has 0 radical (unpaired) electrons. The van der Waals surface area contributed by atoms with Gasteiger partial charge in [0.2, 0.25) is 5.91 Å². The lowest BCUT2D eigenvalue weighted by molar-refractivity contribution is -0.127. The number of hydrogen-bond acceptors (Lipinski definition) is 1. The van der Waals surface area contributed by atoms with Crippen molar-refractivity contribution in [1.29, 1.82) is 0 Å². The summed E-state index contributed by atoms with van der Waals surface area (Å²) in [6.45, 7) is 4.59. The number of carbonyl (C=O) groups excluding carboxylic acids is 1. The topological polar surface area (TPSA) is 29.1 Å². The van der Waals surface area contributed by atoms with E-state index in [-0.39, 0.29) is 0 Å². The van der Waals surface area contributed by atoms with E-state index in [4.69, 9.17) is 0 Å². The molecule has 0 aromatic rings. The van der Waals surface area contributed by atoms with Crippen LogP contribution < -0.4 is 5.32 Å². The molecule has 0 aromatic heterocycles. The summed E-state index contributed by atoms with van der Waals surface area (Å²) in [4.78, 5) is 12.2. The predicted octanol–water partition coefficient (Wildman–Crippen LogP) is 3.51. The van der Waals surface area contributed by atoms with Gasteiger partial charge in [-0.25, -0.2) is 0 Å². The second-order valence-electron chi connectivity index (χ2n) is 6.45. The van der Waals surface area contributed by atoms with Crippen LogP contribution in [0.3, 0.4) is 0 Å². The fourth-order valence-corrected chi connectivity index (χ4v) is 3.56. The Hall–Kier alpha value is -0.530. The first-order valence-electron chi connectivity index (χ1n) is 7.45. The third-order valence-electron chi connectivity index (χ3n) is 4.59. The third kappa shape index (κ3) is 3.72. The second-order valence-corrected chi connectivity index (χ2v) is 6.45. The molecule has 4 unspecified atom stereocenters. The molecule has 4 atom stereocenters. The van der Waals surface area contributed by atoms with Gasteiger partial charge in [0.25, 0.3) is 0 Å². The largest absolute Gasteiger partial charge is 0.353 e. The summed E-state index contributed by atoms with van der Waals surface area (Å²) in [6, 6.07) is 0.462. The Bertz CT molecular complexity index is 264. The van der Waals surface area contributed by atoms with E-state index in [1.54, 1.807) is 0 Å². The van der Waals surface area contributed by atoms with Crippen molar-refractivity contribution in [2.24, 2.45) is 17.8 Å². The van der Waals surface area contributed by atoms with Crippen molar-refractivity contribution in [2.45, 2.75) is 71.3 Å². The number of carbonyl (C=O) groups is 1. The van der Waals surface area contributed by atoms with E-state index in [1.165, 1.54) is 38.5 Å². The average Bonchev–Trinajstić information content (AvgIpc) is 2.29. The van der Waals surface area contributed by atoms with Crippen molar-refractivity contribution >= 4 is 5.91 Å². The Labute approximate surface area is 106 Å². The molecule has 98 valence electrons. The summed E-state index contributed by atoms with van der Waals surface area (Å²) < 4.78 is 0. The lowest BCUT2D eigenvalue weighted by atomic mass is 9.81. The smallest absolute Gasteiger partial charge is 0.223 e. The van der Waals surface area contributed by atoms with E-state index in [1.807, 2.05) is 0 Å². The molecule has 2 fully saturated rings. The molecule has 2 heteroatoms. The second kappa shape index (κ2) is 5.88. The Morgan fingerprint density at radius 2 is 1.59 bits per heavy atom. The zero-order valence-corrected chi connectivity index (χ0v) is 11.4. The standard InChI is InChI=1S/C15H27NO/c1-11-5-3-7-13(9-11)15(17)16-14-8-4-6-12(2)10-14/h11-14H,3-10H2,1-2H3,(H,16,17). The van der Waals surface area contributed by atoms with Crippen molar-refractivity contribution < 1.29 is 4.79 Å². The molecule has 17 heavy (non-hydrogen) atoms. The third-order valence-corrected chi connectivity index (χ3v) is 4.59. The average molecular weight is 237 g/mol. The lowest BCUT2D eigenvalue weighted by Crippen LogP contribution is -2.42. The molecule has 1 amide bonds. The fraction of sp³-hybridized carbons (Fsp3) is 0.933. The van der Waals surface area contributed by atoms with Gasteiger partial charge in [-0.15, -0.1) is 0 Å². The molecule has 0 saturated heterocycles. The summed E-state index contributed by atoms with van der Waals surface area (Å²) in [5.74, 6) is 2.18. The van der Waals surface area contributed by atoms with Crippen LogP contribution in [0.4, 0.5) is 0 Å². The van der Waals surface area contributed by atoms with Crippen LogP contribution in [0, 0.1) is 17.8 Å². The quantitative estimate of drug-likeness (QED) is 0.782. The van der Waals surface area contributed by atoms with E-state index in [2.05, 4.69) is 19.2 Å². The molecule has 0 spiro atoms. The van der Waals surface area contributed by atoms with E-state index in [0.29, 0.717) is 17.9 Å². The van der Waals surface area contributed by atoms with Gasteiger partial charge in [0, 0.05) is 12.0 Å². The summed E-state index contributed by atoms with van der Waals surface area (Å²) in [5, 5.41) is 3.30. The molecule has 2 saturated carbocycles. The van der Waals surface area contributed by atoms with Crippen molar-refractivity contribution in [3.63, 3.8) is 0 Å². The van der Waals surface area contributed by atoms with Crippen molar-refractivity contribution in [2.75, 3.05) is 0 Å². The van der Waals surface area contributed by atoms with Gasteiger partial charge in [-0.2, -0.15) is 0 Å². The molecular formula is C15H27NO. The van der Waals surface area contributed by atoms with Gasteiger partial charge in [0.05, 0.1) is 0 Å². The molecule has 2 rings (SSSR count). The van der Waals surface area contributed by atoms with Gasteiger partial charge in [0.15, 0.2) is 0 Å². The first-order valence-corrected chi connectivity index (χ1v) is 7.45. The summed E-state index contributed by atoms with van der Waals surface area (Å²) in [5.41, 5.74) is 0. The summed E-state index contributed by atoms with van der Waals surface area (Å²) in [6.07, 6.45) is 9.77. The number of hydrogen-bond donors (Lipinski definition) is 1. The Morgan fingerprint density at radius 1 is 0.941 bits per heavy atom. The highest BCUT2D eigenvalue weighted by Gasteiger charge is 2.27. The van der Waals surface area contributed by atoms with Crippen LogP contribution in [-0.2, 0) is 4.79 Å². The van der Waals surface area contributed by atoms with Crippen LogP contribution in [0.5, 0.6) is 0 Å². The van der Waals surface area contributed by atoms with Crippen LogP contribution in [0.1, 0.15) is 65.2 Å². The minimum Gasteiger partial charge on any atom is -0.353 e. The number of rotatable bonds is 2. The molecule has 0 bridgehead atoms. The first-order chi connectivity index (χ1) is 8.15. The molecule has 0 aromatic carbocycles. The maximum Gasteiger partial charge on any atom is 0.223 e. The molecule has 0 aliphatic heterocycles. The van der Waals surface area contributed by atoms with Crippen molar-refractivity contribution in [1.82, 2.24) is 5.32 Å². The molecular weight excluding hydrogens is 210 g/mol. The first kappa shape index (κ1) is 12.9. The highest BCUT2D eigenvalue weighted by Crippen LogP contribution is 2.29. The van der Waals surface area contributed by atoms with Crippen LogP contribution in [-0.4, -0.2) is 11.9 Å². The Morgan fingerprint density at radius 3 is 2.24 bits per heavy atom. The monoisotopic (exact) mass is 237 g/mol. The van der Waals surface area contributed by atoms with Crippen LogP contribution in [0.2, 0.25) is 0 Å². The maximum absolute atomic E-state index is 12.2. The van der Waals surface area contributed by atoms with E-state index >= 15 is 0 Å². The molecule has 0 heterocycles. The zero-order valence-electron chi connectivity index (χ0n) is 11.4. The molecule has 2 nitrogen and oxygen atoms in total. The predicted molar refractivity (Wildman–Crippen MR) is 70.7 cm³/mol. The summed E-state index contributed by atoms with van der Waals surface area (Å²) >= 11 is 0. The Kier molecular flexibility index (Phi) is 4.47. The number of nitrogens with one attached hydrogen (secondary N) is 1. The number of amides is 1. The zero-order chi connectivity index (χ0) is 12.3.